The number of methoxy groups -OCH3 is 1. The van der Waals surface area contributed by atoms with Crippen LogP contribution in [0.25, 0.3) is 0 Å². The third-order valence-corrected chi connectivity index (χ3v) is 2.09. The average Bonchev–Trinajstić information content (AvgIpc) is 2.92. The lowest BCUT2D eigenvalue weighted by atomic mass is 10.4. The Labute approximate surface area is 81.6 Å². The number of ether oxygens (including phenoxy) is 2. The molecule has 0 atom stereocenters. The van der Waals surface area contributed by atoms with Gasteiger partial charge in [-0.3, -0.25) is 0 Å². The molecule has 70 valence electrons. The molecule has 1 heterocycles. The summed E-state index contributed by atoms with van der Waals surface area (Å²) < 4.78 is 10.4. The van der Waals surface area contributed by atoms with Crippen molar-refractivity contribution >= 4 is 11.6 Å². The van der Waals surface area contributed by atoms with Gasteiger partial charge in [-0.05, 0) is 18.9 Å². The molecule has 0 N–H and O–H groups in total. The van der Waals surface area contributed by atoms with E-state index in [2.05, 4.69) is 4.98 Å². The molecule has 1 fully saturated rings. The SMILES string of the molecule is COc1ccc(OC2CC2)c(Cl)n1. The highest BCUT2D eigenvalue weighted by molar-refractivity contribution is 6.30. The summed E-state index contributed by atoms with van der Waals surface area (Å²) in [5, 5.41) is 0.367. The highest BCUT2D eigenvalue weighted by atomic mass is 35.5. The summed E-state index contributed by atoms with van der Waals surface area (Å²) in [6.45, 7) is 0. The number of pyridine rings is 1. The van der Waals surface area contributed by atoms with E-state index in [1.54, 1.807) is 19.2 Å². The van der Waals surface area contributed by atoms with E-state index >= 15 is 0 Å². The minimum atomic E-state index is 0.340. The second-order valence-electron chi connectivity index (χ2n) is 2.96. The Balaban J connectivity index is 2.15. The lowest BCUT2D eigenvalue weighted by Crippen LogP contribution is -1.98. The summed E-state index contributed by atoms with van der Waals surface area (Å²) in [4.78, 5) is 3.99. The monoisotopic (exact) mass is 199 g/mol. The van der Waals surface area contributed by atoms with Crippen molar-refractivity contribution in [3.63, 3.8) is 0 Å². The van der Waals surface area contributed by atoms with Gasteiger partial charge in [-0.2, -0.15) is 4.98 Å². The summed E-state index contributed by atoms with van der Waals surface area (Å²) in [5.74, 6) is 1.15. The minimum Gasteiger partial charge on any atom is -0.487 e. The van der Waals surface area contributed by atoms with Gasteiger partial charge in [0, 0.05) is 6.07 Å². The van der Waals surface area contributed by atoms with E-state index in [9.17, 15) is 0 Å². The Morgan fingerprint density at radius 3 is 2.77 bits per heavy atom. The molecule has 1 saturated carbocycles. The van der Waals surface area contributed by atoms with Gasteiger partial charge < -0.3 is 9.47 Å². The lowest BCUT2D eigenvalue weighted by molar-refractivity contribution is 0.300. The first-order valence-corrected chi connectivity index (χ1v) is 4.54. The standard InChI is InChI=1S/C9H10ClNO2/c1-12-8-5-4-7(9(10)11-8)13-6-2-3-6/h4-6H,2-3H2,1H3. The van der Waals surface area contributed by atoms with E-state index in [1.165, 1.54) is 0 Å². The first-order valence-electron chi connectivity index (χ1n) is 4.17. The molecular formula is C9H10ClNO2. The maximum Gasteiger partial charge on any atom is 0.214 e. The fraction of sp³-hybridized carbons (Fsp3) is 0.444. The number of aromatic nitrogens is 1. The molecule has 1 aromatic rings. The van der Waals surface area contributed by atoms with Gasteiger partial charge in [-0.15, -0.1) is 0 Å². The highest BCUT2D eigenvalue weighted by Crippen LogP contribution is 2.31. The number of rotatable bonds is 3. The van der Waals surface area contributed by atoms with Crippen LogP contribution in [0.3, 0.4) is 0 Å². The lowest BCUT2D eigenvalue weighted by Gasteiger charge is -2.06. The second kappa shape index (κ2) is 3.42. The van der Waals surface area contributed by atoms with E-state index < -0.39 is 0 Å². The number of hydrogen-bond acceptors (Lipinski definition) is 3. The quantitative estimate of drug-likeness (QED) is 0.700. The smallest absolute Gasteiger partial charge is 0.214 e. The van der Waals surface area contributed by atoms with Crippen LogP contribution in [-0.4, -0.2) is 18.2 Å². The van der Waals surface area contributed by atoms with Gasteiger partial charge in [0.15, 0.2) is 10.9 Å². The van der Waals surface area contributed by atoms with Gasteiger partial charge in [0.05, 0.1) is 13.2 Å². The first kappa shape index (κ1) is 8.63. The van der Waals surface area contributed by atoms with Crippen LogP contribution in [0.15, 0.2) is 12.1 Å². The molecule has 0 amide bonds. The number of hydrogen-bond donors (Lipinski definition) is 0. The zero-order valence-corrected chi connectivity index (χ0v) is 8.04. The topological polar surface area (TPSA) is 31.4 Å². The molecule has 0 unspecified atom stereocenters. The fourth-order valence-electron chi connectivity index (χ4n) is 0.972. The van der Waals surface area contributed by atoms with Crippen molar-refractivity contribution in [3.05, 3.63) is 17.3 Å². The zero-order valence-electron chi connectivity index (χ0n) is 7.29. The van der Waals surface area contributed by atoms with Crippen LogP contribution in [0.2, 0.25) is 5.15 Å². The van der Waals surface area contributed by atoms with E-state index in [0.29, 0.717) is 22.9 Å². The summed E-state index contributed by atoms with van der Waals surface area (Å²) in [6.07, 6.45) is 2.57. The average molecular weight is 200 g/mol. The Morgan fingerprint density at radius 1 is 1.46 bits per heavy atom. The molecule has 4 heteroatoms. The molecule has 0 saturated heterocycles. The summed E-state index contributed by atoms with van der Waals surface area (Å²) in [7, 11) is 1.56. The van der Waals surface area contributed by atoms with E-state index in [0.717, 1.165) is 12.8 Å². The van der Waals surface area contributed by atoms with Crippen LogP contribution in [0.4, 0.5) is 0 Å². The third kappa shape index (κ3) is 2.04. The Bertz CT molecular complexity index is 312. The van der Waals surface area contributed by atoms with Crippen molar-refractivity contribution < 1.29 is 9.47 Å². The van der Waals surface area contributed by atoms with Gasteiger partial charge in [-0.25, -0.2) is 0 Å². The second-order valence-corrected chi connectivity index (χ2v) is 3.32. The predicted octanol–water partition coefficient (Wildman–Crippen LogP) is 2.28. The molecular weight excluding hydrogens is 190 g/mol. The third-order valence-electron chi connectivity index (χ3n) is 1.82. The molecule has 1 aliphatic carbocycles. The van der Waals surface area contributed by atoms with Gasteiger partial charge in [0.2, 0.25) is 5.88 Å². The Kier molecular flexibility index (Phi) is 2.27. The number of halogens is 1. The first-order chi connectivity index (χ1) is 6.29. The van der Waals surface area contributed by atoms with Crippen molar-refractivity contribution in [2.24, 2.45) is 0 Å². The van der Waals surface area contributed by atoms with Crippen LogP contribution in [0.1, 0.15) is 12.8 Å². The van der Waals surface area contributed by atoms with Gasteiger partial charge >= 0.3 is 0 Å². The molecule has 0 bridgehead atoms. The van der Waals surface area contributed by atoms with Crippen LogP contribution in [0.5, 0.6) is 11.6 Å². The molecule has 0 aliphatic heterocycles. The van der Waals surface area contributed by atoms with Crippen molar-refractivity contribution in [1.29, 1.82) is 0 Å². The van der Waals surface area contributed by atoms with Crippen LogP contribution < -0.4 is 9.47 Å². The van der Waals surface area contributed by atoms with Crippen molar-refractivity contribution in [2.45, 2.75) is 18.9 Å². The van der Waals surface area contributed by atoms with Gasteiger partial charge in [-0.1, -0.05) is 11.6 Å². The van der Waals surface area contributed by atoms with E-state index in [-0.39, 0.29) is 0 Å². The van der Waals surface area contributed by atoms with Crippen molar-refractivity contribution in [1.82, 2.24) is 4.98 Å². The molecule has 0 spiro atoms. The number of nitrogens with zero attached hydrogens (tertiary/aromatic N) is 1. The highest BCUT2D eigenvalue weighted by Gasteiger charge is 2.24. The zero-order chi connectivity index (χ0) is 9.26. The van der Waals surface area contributed by atoms with Crippen LogP contribution in [0, 0.1) is 0 Å². The molecule has 1 aliphatic rings. The molecule has 3 nitrogen and oxygen atoms in total. The summed E-state index contributed by atoms with van der Waals surface area (Å²) >= 11 is 5.86. The summed E-state index contributed by atoms with van der Waals surface area (Å²) in [5.41, 5.74) is 0. The maximum atomic E-state index is 5.86. The minimum absolute atomic E-state index is 0.340. The predicted molar refractivity (Wildman–Crippen MR) is 49.4 cm³/mol. The molecule has 0 radical (unpaired) electrons. The van der Waals surface area contributed by atoms with E-state index in [1.807, 2.05) is 0 Å². The molecule has 1 aromatic heterocycles. The molecule has 0 aromatic carbocycles. The normalized spacial score (nSPS) is 15.5. The molecule has 2 rings (SSSR count). The molecule has 13 heavy (non-hydrogen) atoms. The van der Waals surface area contributed by atoms with Crippen LogP contribution >= 0.6 is 11.6 Å². The van der Waals surface area contributed by atoms with Crippen molar-refractivity contribution in [2.75, 3.05) is 7.11 Å². The Hall–Kier alpha value is -0.960. The van der Waals surface area contributed by atoms with Gasteiger partial charge in [0.1, 0.15) is 0 Å². The maximum absolute atomic E-state index is 5.86. The van der Waals surface area contributed by atoms with Gasteiger partial charge in [0.25, 0.3) is 0 Å². The Morgan fingerprint density at radius 2 is 2.23 bits per heavy atom. The summed E-state index contributed by atoms with van der Waals surface area (Å²) in [6, 6.07) is 3.52. The fourth-order valence-corrected chi connectivity index (χ4v) is 1.16. The van der Waals surface area contributed by atoms with E-state index in [4.69, 9.17) is 21.1 Å². The van der Waals surface area contributed by atoms with Crippen molar-refractivity contribution in [3.8, 4) is 11.6 Å². The van der Waals surface area contributed by atoms with Crippen LogP contribution in [-0.2, 0) is 0 Å². The largest absolute Gasteiger partial charge is 0.487 e.